The molecular weight excluding hydrogens is 281 g/mol. The molecule has 0 aromatic heterocycles. The molecule has 0 aliphatic carbocycles. The normalized spacial score (nSPS) is 11.6. The van der Waals surface area contributed by atoms with Crippen molar-refractivity contribution in [3.63, 3.8) is 0 Å². The number of hydrogen-bond donors (Lipinski definition) is 0. The Bertz CT molecular complexity index is 595. The summed E-state index contributed by atoms with van der Waals surface area (Å²) in [7, 11) is 1.78. The molecular formula is C15H13F3N2O. The van der Waals surface area contributed by atoms with Gasteiger partial charge in [0.05, 0.1) is 11.9 Å². The van der Waals surface area contributed by atoms with Gasteiger partial charge < -0.3 is 4.74 Å². The largest absolute Gasteiger partial charge is 0.573 e. The quantitative estimate of drug-likeness (QED) is 0.627. The van der Waals surface area contributed by atoms with Crippen LogP contribution in [-0.2, 0) is 0 Å². The predicted octanol–water partition coefficient (Wildman–Crippen LogP) is 4.06. The molecule has 0 fully saturated rings. The van der Waals surface area contributed by atoms with Gasteiger partial charge in [0, 0.05) is 7.05 Å². The van der Waals surface area contributed by atoms with Crippen molar-refractivity contribution in [1.29, 1.82) is 0 Å². The zero-order valence-electron chi connectivity index (χ0n) is 11.2. The Morgan fingerprint density at radius 3 is 2.19 bits per heavy atom. The van der Waals surface area contributed by atoms with Gasteiger partial charge in [-0.25, -0.2) is 0 Å². The molecule has 2 aromatic carbocycles. The van der Waals surface area contributed by atoms with Crippen molar-refractivity contribution in [1.82, 2.24) is 0 Å². The van der Waals surface area contributed by atoms with E-state index < -0.39 is 6.36 Å². The van der Waals surface area contributed by atoms with E-state index >= 15 is 0 Å². The van der Waals surface area contributed by atoms with Crippen LogP contribution < -0.4 is 9.75 Å². The summed E-state index contributed by atoms with van der Waals surface area (Å²) in [5, 5.41) is 5.88. The number of alkyl halides is 3. The molecule has 21 heavy (non-hydrogen) atoms. The lowest BCUT2D eigenvalue weighted by atomic mass is 10.2. The predicted molar refractivity (Wildman–Crippen MR) is 75.6 cm³/mol. The molecule has 0 aliphatic rings. The fourth-order valence-corrected chi connectivity index (χ4v) is 1.62. The minimum atomic E-state index is -4.68. The second-order valence-corrected chi connectivity index (χ2v) is 4.22. The maximum absolute atomic E-state index is 12.0. The highest BCUT2D eigenvalue weighted by atomic mass is 19.4. The molecule has 0 radical (unpaired) electrons. The highest BCUT2D eigenvalue weighted by Gasteiger charge is 2.30. The number of nitrogens with zero attached hydrogens (tertiary/aromatic N) is 2. The minimum absolute atomic E-state index is 0.254. The van der Waals surface area contributed by atoms with Crippen molar-refractivity contribution in [2.24, 2.45) is 5.10 Å². The van der Waals surface area contributed by atoms with Gasteiger partial charge in [0.1, 0.15) is 5.75 Å². The number of benzene rings is 2. The zero-order chi connectivity index (χ0) is 15.3. The van der Waals surface area contributed by atoms with E-state index in [4.69, 9.17) is 0 Å². The van der Waals surface area contributed by atoms with Crippen molar-refractivity contribution in [2.75, 3.05) is 12.1 Å². The van der Waals surface area contributed by atoms with E-state index in [0.29, 0.717) is 5.56 Å². The topological polar surface area (TPSA) is 24.8 Å². The summed E-state index contributed by atoms with van der Waals surface area (Å²) in [5.41, 5.74) is 1.58. The van der Waals surface area contributed by atoms with E-state index in [2.05, 4.69) is 9.84 Å². The second-order valence-electron chi connectivity index (χ2n) is 4.22. The number of hydrogen-bond acceptors (Lipinski definition) is 3. The van der Waals surface area contributed by atoms with Crippen molar-refractivity contribution < 1.29 is 17.9 Å². The maximum Gasteiger partial charge on any atom is 0.573 e. The Balaban J connectivity index is 2.01. The maximum atomic E-state index is 12.0. The monoisotopic (exact) mass is 294 g/mol. The highest BCUT2D eigenvalue weighted by Crippen LogP contribution is 2.22. The van der Waals surface area contributed by atoms with Crippen LogP contribution in [-0.4, -0.2) is 19.6 Å². The van der Waals surface area contributed by atoms with Crippen LogP contribution in [0.25, 0.3) is 0 Å². The van der Waals surface area contributed by atoms with E-state index in [0.717, 1.165) is 5.69 Å². The van der Waals surface area contributed by atoms with Gasteiger partial charge in [0.2, 0.25) is 0 Å². The van der Waals surface area contributed by atoms with Gasteiger partial charge in [-0.2, -0.15) is 5.10 Å². The third-order valence-electron chi connectivity index (χ3n) is 2.62. The van der Waals surface area contributed by atoms with Crippen molar-refractivity contribution in [2.45, 2.75) is 6.36 Å². The number of halogens is 3. The number of hydrazone groups is 1. The summed E-state index contributed by atoms with van der Waals surface area (Å²) in [5.74, 6) is -0.254. The molecule has 0 bridgehead atoms. The van der Waals surface area contributed by atoms with E-state index in [1.807, 2.05) is 30.3 Å². The van der Waals surface area contributed by atoms with Gasteiger partial charge in [-0.15, -0.1) is 13.2 Å². The summed E-state index contributed by atoms with van der Waals surface area (Å²) in [6.45, 7) is 0. The van der Waals surface area contributed by atoms with Gasteiger partial charge in [-0.1, -0.05) is 18.2 Å². The first kappa shape index (κ1) is 14.9. The highest BCUT2D eigenvalue weighted by molar-refractivity contribution is 5.80. The summed E-state index contributed by atoms with van der Waals surface area (Å²) >= 11 is 0. The number of anilines is 1. The summed E-state index contributed by atoms with van der Waals surface area (Å²) < 4.78 is 39.9. The van der Waals surface area contributed by atoms with Crippen LogP contribution in [0.1, 0.15) is 5.56 Å². The van der Waals surface area contributed by atoms with Crippen LogP contribution in [0.15, 0.2) is 59.7 Å². The average Bonchev–Trinajstić information content (AvgIpc) is 2.45. The average molecular weight is 294 g/mol. The molecule has 0 atom stereocenters. The Hall–Kier alpha value is -2.50. The Labute approximate surface area is 120 Å². The molecule has 3 nitrogen and oxygen atoms in total. The molecule has 0 aliphatic heterocycles. The molecule has 2 aromatic rings. The molecule has 0 saturated carbocycles. The molecule has 2 rings (SSSR count). The molecule has 0 N–H and O–H groups in total. The van der Waals surface area contributed by atoms with E-state index in [-0.39, 0.29) is 5.75 Å². The van der Waals surface area contributed by atoms with E-state index in [9.17, 15) is 13.2 Å². The Morgan fingerprint density at radius 2 is 1.62 bits per heavy atom. The number of rotatable bonds is 4. The van der Waals surface area contributed by atoms with E-state index in [1.54, 1.807) is 18.3 Å². The van der Waals surface area contributed by atoms with Gasteiger partial charge >= 0.3 is 6.36 Å². The summed E-state index contributed by atoms with van der Waals surface area (Å²) in [6, 6.07) is 15.0. The first-order chi connectivity index (χ1) is 9.94. The zero-order valence-corrected chi connectivity index (χ0v) is 11.2. The summed E-state index contributed by atoms with van der Waals surface area (Å²) in [4.78, 5) is 0. The lowest BCUT2D eigenvalue weighted by Gasteiger charge is -2.12. The van der Waals surface area contributed by atoms with Gasteiger partial charge in [0.25, 0.3) is 0 Å². The van der Waals surface area contributed by atoms with Gasteiger partial charge in [-0.05, 0) is 42.0 Å². The van der Waals surface area contributed by atoms with Crippen molar-refractivity contribution in [3.8, 4) is 5.75 Å². The fourth-order valence-electron chi connectivity index (χ4n) is 1.62. The number of ether oxygens (including phenoxy) is 1. The van der Waals surface area contributed by atoms with Crippen LogP contribution >= 0.6 is 0 Å². The lowest BCUT2D eigenvalue weighted by Crippen LogP contribution is -2.17. The smallest absolute Gasteiger partial charge is 0.406 e. The van der Waals surface area contributed by atoms with Crippen LogP contribution in [0.4, 0.5) is 18.9 Å². The molecule has 110 valence electrons. The summed E-state index contributed by atoms with van der Waals surface area (Å²) in [6.07, 6.45) is -3.12. The van der Waals surface area contributed by atoms with Crippen molar-refractivity contribution in [3.05, 3.63) is 60.2 Å². The molecule has 0 spiro atoms. The van der Waals surface area contributed by atoms with Crippen LogP contribution in [0, 0.1) is 0 Å². The Morgan fingerprint density at radius 1 is 1.00 bits per heavy atom. The molecule has 0 unspecified atom stereocenters. The Kier molecular flexibility index (Phi) is 4.47. The molecule has 6 heteroatoms. The third kappa shape index (κ3) is 4.83. The van der Waals surface area contributed by atoms with Crippen LogP contribution in [0.3, 0.4) is 0 Å². The molecule has 0 heterocycles. The number of para-hydroxylation sites is 1. The first-order valence-corrected chi connectivity index (χ1v) is 6.12. The second kappa shape index (κ2) is 6.30. The van der Waals surface area contributed by atoms with E-state index in [1.165, 1.54) is 24.3 Å². The van der Waals surface area contributed by atoms with Gasteiger partial charge in [0.15, 0.2) is 0 Å². The van der Waals surface area contributed by atoms with Crippen LogP contribution in [0.5, 0.6) is 5.75 Å². The fraction of sp³-hybridized carbons (Fsp3) is 0.133. The standard InChI is InChI=1S/C15H13F3N2O/c1-20(13-5-3-2-4-6-13)19-11-12-7-9-14(10-8-12)21-15(16,17)18/h2-11H,1H3. The van der Waals surface area contributed by atoms with Gasteiger partial charge in [-0.3, -0.25) is 5.01 Å². The van der Waals surface area contributed by atoms with Crippen molar-refractivity contribution >= 4 is 11.9 Å². The molecule has 0 saturated heterocycles. The molecule has 0 amide bonds. The lowest BCUT2D eigenvalue weighted by molar-refractivity contribution is -0.274. The third-order valence-corrected chi connectivity index (χ3v) is 2.62. The first-order valence-electron chi connectivity index (χ1n) is 6.12. The SMILES string of the molecule is CN(N=Cc1ccc(OC(F)(F)F)cc1)c1ccccc1. The van der Waals surface area contributed by atoms with Crippen LogP contribution in [0.2, 0.25) is 0 Å². The minimum Gasteiger partial charge on any atom is -0.406 e.